The van der Waals surface area contributed by atoms with E-state index in [0.717, 1.165) is 11.1 Å². The first-order valence-corrected chi connectivity index (χ1v) is 5.64. The van der Waals surface area contributed by atoms with Crippen molar-refractivity contribution in [2.45, 2.75) is 19.2 Å². The maximum absolute atomic E-state index is 6.02. The highest BCUT2D eigenvalue weighted by atomic mass is 35.5. The van der Waals surface area contributed by atoms with Crippen LogP contribution in [0.1, 0.15) is 23.7 Å². The van der Waals surface area contributed by atoms with E-state index in [1.54, 1.807) is 6.92 Å². The van der Waals surface area contributed by atoms with Gasteiger partial charge < -0.3 is 4.52 Å². The van der Waals surface area contributed by atoms with Crippen molar-refractivity contribution in [2.24, 2.45) is 0 Å². The molecular weight excluding hydrogens is 247 g/mol. The summed E-state index contributed by atoms with van der Waals surface area (Å²) in [5.41, 5.74) is 1.75. The van der Waals surface area contributed by atoms with Crippen LogP contribution in [0.2, 0.25) is 5.02 Å². The summed E-state index contributed by atoms with van der Waals surface area (Å²) in [6.07, 6.45) is 0. The van der Waals surface area contributed by atoms with Gasteiger partial charge in [-0.25, -0.2) is 0 Å². The zero-order valence-electron chi connectivity index (χ0n) is 8.87. The molecule has 1 aromatic heterocycles. The molecule has 0 aliphatic heterocycles. The monoisotopic (exact) mass is 256 g/mol. The minimum Gasteiger partial charge on any atom is -0.334 e. The molecule has 1 heterocycles. The third-order valence-electron chi connectivity index (χ3n) is 2.30. The molecular formula is C11H10Cl2N2O. The van der Waals surface area contributed by atoms with E-state index in [1.807, 2.05) is 25.1 Å². The van der Waals surface area contributed by atoms with E-state index in [9.17, 15) is 0 Å². The van der Waals surface area contributed by atoms with Crippen LogP contribution in [-0.4, -0.2) is 10.1 Å². The number of hydrogen-bond donors (Lipinski definition) is 0. The van der Waals surface area contributed by atoms with Crippen LogP contribution in [0.4, 0.5) is 0 Å². The van der Waals surface area contributed by atoms with Crippen molar-refractivity contribution in [2.75, 3.05) is 0 Å². The quantitative estimate of drug-likeness (QED) is 0.763. The summed E-state index contributed by atoms with van der Waals surface area (Å²) in [7, 11) is 0. The highest BCUT2D eigenvalue weighted by Gasteiger charge is 2.14. The Labute approximate surface area is 103 Å². The normalized spacial score (nSPS) is 12.8. The van der Waals surface area contributed by atoms with Crippen LogP contribution in [0.15, 0.2) is 22.7 Å². The average molecular weight is 257 g/mol. The van der Waals surface area contributed by atoms with E-state index in [-0.39, 0.29) is 5.38 Å². The van der Waals surface area contributed by atoms with Gasteiger partial charge in [0.1, 0.15) is 0 Å². The first-order valence-electron chi connectivity index (χ1n) is 4.82. The van der Waals surface area contributed by atoms with Crippen LogP contribution in [0.25, 0.3) is 11.5 Å². The lowest BCUT2D eigenvalue weighted by atomic mass is 10.1. The highest BCUT2D eigenvalue weighted by Crippen LogP contribution is 2.28. The maximum atomic E-state index is 6.02. The summed E-state index contributed by atoms with van der Waals surface area (Å²) in [5.74, 6) is 0.929. The predicted molar refractivity (Wildman–Crippen MR) is 63.7 cm³/mol. The Hall–Kier alpha value is -1.06. The van der Waals surface area contributed by atoms with Gasteiger partial charge in [0.15, 0.2) is 5.82 Å². The van der Waals surface area contributed by atoms with Crippen molar-refractivity contribution < 1.29 is 4.52 Å². The molecule has 1 aromatic carbocycles. The number of hydrogen-bond acceptors (Lipinski definition) is 3. The van der Waals surface area contributed by atoms with Crippen LogP contribution in [0.5, 0.6) is 0 Å². The molecule has 0 fully saturated rings. The summed E-state index contributed by atoms with van der Waals surface area (Å²) in [4.78, 5) is 4.21. The minimum absolute atomic E-state index is 0.267. The third-order valence-corrected chi connectivity index (χ3v) is 2.90. The lowest BCUT2D eigenvalue weighted by molar-refractivity contribution is 0.422. The zero-order chi connectivity index (χ0) is 11.7. The van der Waals surface area contributed by atoms with Crippen molar-refractivity contribution >= 4 is 23.2 Å². The van der Waals surface area contributed by atoms with Crippen molar-refractivity contribution in [3.05, 3.63) is 34.6 Å². The van der Waals surface area contributed by atoms with Gasteiger partial charge in [-0.3, -0.25) is 0 Å². The molecule has 0 saturated heterocycles. The molecule has 0 aliphatic rings. The molecule has 0 amide bonds. The predicted octanol–water partition coefficient (Wildman–Crippen LogP) is 4.00. The fourth-order valence-corrected chi connectivity index (χ4v) is 1.61. The third kappa shape index (κ3) is 2.06. The first-order chi connectivity index (χ1) is 7.59. The Bertz CT molecular complexity index is 508. The van der Waals surface area contributed by atoms with Crippen LogP contribution in [0.3, 0.4) is 0 Å². The van der Waals surface area contributed by atoms with Gasteiger partial charge >= 0.3 is 0 Å². The SMILES string of the molecule is Cc1c(Cl)cccc1-c1nc(C(C)Cl)no1. The van der Waals surface area contributed by atoms with Crippen LogP contribution in [0, 0.1) is 6.92 Å². The van der Waals surface area contributed by atoms with E-state index in [0.29, 0.717) is 16.7 Å². The summed E-state index contributed by atoms with van der Waals surface area (Å²) in [5, 5.41) is 4.21. The molecule has 0 spiro atoms. The Balaban J connectivity index is 2.47. The summed E-state index contributed by atoms with van der Waals surface area (Å²) in [6, 6.07) is 5.55. The highest BCUT2D eigenvalue weighted by molar-refractivity contribution is 6.31. The lowest BCUT2D eigenvalue weighted by Gasteiger charge is -2.01. The minimum atomic E-state index is -0.267. The van der Waals surface area contributed by atoms with E-state index in [1.165, 1.54) is 0 Å². The van der Waals surface area contributed by atoms with Gasteiger partial charge in [0, 0.05) is 10.6 Å². The smallest absolute Gasteiger partial charge is 0.258 e. The van der Waals surface area contributed by atoms with Crippen LogP contribution in [-0.2, 0) is 0 Å². The lowest BCUT2D eigenvalue weighted by Crippen LogP contribution is -1.88. The Morgan fingerprint density at radius 3 is 2.75 bits per heavy atom. The number of halogens is 2. The zero-order valence-corrected chi connectivity index (χ0v) is 10.4. The first kappa shape index (κ1) is 11.4. The second-order valence-corrected chi connectivity index (χ2v) is 4.55. The van der Waals surface area contributed by atoms with E-state index in [4.69, 9.17) is 27.7 Å². The molecule has 2 aromatic rings. The number of rotatable bonds is 2. The van der Waals surface area contributed by atoms with Gasteiger partial charge in [-0.05, 0) is 31.5 Å². The Morgan fingerprint density at radius 1 is 1.38 bits per heavy atom. The van der Waals surface area contributed by atoms with E-state index in [2.05, 4.69) is 10.1 Å². The molecule has 1 unspecified atom stereocenters. The van der Waals surface area contributed by atoms with E-state index < -0.39 is 0 Å². The van der Waals surface area contributed by atoms with Gasteiger partial charge in [-0.2, -0.15) is 4.98 Å². The number of nitrogens with zero attached hydrogens (tertiary/aromatic N) is 2. The van der Waals surface area contributed by atoms with Gasteiger partial charge in [0.2, 0.25) is 0 Å². The summed E-state index contributed by atoms with van der Waals surface area (Å²) < 4.78 is 5.14. The molecule has 0 radical (unpaired) electrons. The van der Waals surface area contributed by atoms with Crippen molar-refractivity contribution in [1.82, 2.24) is 10.1 Å². The molecule has 16 heavy (non-hydrogen) atoms. The van der Waals surface area contributed by atoms with Crippen LogP contribution < -0.4 is 0 Å². The molecule has 5 heteroatoms. The molecule has 84 valence electrons. The van der Waals surface area contributed by atoms with Crippen molar-refractivity contribution in [1.29, 1.82) is 0 Å². The fourth-order valence-electron chi connectivity index (χ4n) is 1.34. The summed E-state index contributed by atoms with van der Waals surface area (Å²) >= 11 is 11.9. The molecule has 3 nitrogen and oxygen atoms in total. The summed E-state index contributed by atoms with van der Waals surface area (Å²) in [6.45, 7) is 3.70. The standard InChI is InChI=1S/C11H10Cl2N2O/c1-6-8(4-3-5-9(6)13)11-14-10(7(2)12)15-16-11/h3-5,7H,1-2H3. The molecule has 0 saturated carbocycles. The molecule has 2 rings (SSSR count). The fraction of sp³-hybridized carbons (Fsp3) is 0.273. The Kier molecular flexibility index (Phi) is 3.17. The number of benzene rings is 1. The second-order valence-electron chi connectivity index (χ2n) is 3.49. The largest absolute Gasteiger partial charge is 0.334 e. The van der Waals surface area contributed by atoms with Crippen LogP contribution >= 0.6 is 23.2 Å². The maximum Gasteiger partial charge on any atom is 0.258 e. The Morgan fingerprint density at radius 2 is 2.12 bits per heavy atom. The topological polar surface area (TPSA) is 38.9 Å². The van der Waals surface area contributed by atoms with Gasteiger partial charge in [0.05, 0.1) is 5.38 Å². The van der Waals surface area contributed by atoms with E-state index >= 15 is 0 Å². The molecule has 1 atom stereocenters. The molecule has 0 bridgehead atoms. The van der Waals surface area contributed by atoms with Crippen molar-refractivity contribution in [3.63, 3.8) is 0 Å². The second kappa shape index (κ2) is 4.44. The number of alkyl halides is 1. The average Bonchev–Trinajstić information content (AvgIpc) is 2.71. The van der Waals surface area contributed by atoms with Gasteiger partial charge in [-0.15, -0.1) is 11.6 Å². The molecule has 0 aliphatic carbocycles. The van der Waals surface area contributed by atoms with Gasteiger partial charge in [0.25, 0.3) is 5.89 Å². The van der Waals surface area contributed by atoms with Crippen molar-refractivity contribution in [3.8, 4) is 11.5 Å². The van der Waals surface area contributed by atoms with Gasteiger partial charge in [-0.1, -0.05) is 22.8 Å². The molecule has 0 N–H and O–H groups in total. The number of aromatic nitrogens is 2.